The SMILES string of the molecule is CC(C)(C)Nc1cccc(C2CCNCC2)c1. The van der Waals surface area contributed by atoms with E-state index >= 15 is 0 Å². The predicted octanol–water partition coefficient (Wildman–Crippen LogP) is 3.36. The fraction of sp³-hybridized carbons (Fsp3) is 0.600. The second-order valence-corrected chi connectivity index (χ2v) is 6.02. The van der Waals surface area contributed by atoms with Gasteiger partial charge in [-0.25, -0.2) is 0 Å². The van der Waals surface area contributed by atoms with Gasteiger partial charge in [-0.15, -0.1) is 0 Å². The zero-order valence-corrected chi connectivity index (χ0v) is 11.2. The highest BCUT2D eigenvalue weighted by Gasteiger charge is 2.16. The molecule has 94 valence electrons. The lowest BCUT2D eigenvalue weighted by molar-refractivity contribution is 0.460. The van der Waals surface area contributed by atoms with E-state index in [9.17, 15) is 0 Å². The van der Waals surface area contributed by atoms with Gasteiger partial charge in [0.05, 0.1) is 0 Å². The Morgan fingerprint density at radius 3 is 2.53 bits per heavy atom. The average molecular weight is 232 g/mol. The highest BCUT2D eigenvalue weighted by atomic mass is 14.9. The lowest BCUT2D eigenvalue weighted by Crippen LogP contribution is -2.27. The van der Waals surface area contributed by atoms with Gasteiger partial charge in [0.15, 0.2) is 0 Å². The van der Waals surface area contributed by atoms with E-state index in [4.69, 9.17) is 0 Å². The van der Waals surface area contributed by atoms with E-state index in [2.05, 4.69) is 55.7 Å². The smallest absolute Gasteiger partial charge is 0.0347 e. The molecular weight excluding hydrogens is 208 g/mol. The van der Waals surface area contributed by atoms with Crippen LogP contribution in [0.25, 0.3) is 0 Å². The number of benzene rings is 1. The van der Waals surface area contributed by atoms with Gasteiger partial charge in [-0.2, -0.15) is 0 Å². The maximum Gasteiger partial charge on any atom is 0.0347 e. The molecule has 2 heteroatoms. The molecule has 2 rings (SSSR count). The van der Waals surface area contributed by atoms with Crippen LogP contribution in [0.3, 0.4) is 0 Å². The van der Waals surface area contributed by atoms with Gasteiger partial charge in [-0.3, -0.25) is 0 Å². The summed E-state index contributed by atoms with van der Waals surface area (Å²) in [6, 6.07) is 8.92. The van der Waals surface area contributed by atoms with Crippen LogP contribution in [0.2, 0.25) is 0 Å². The topological polar surface area (TPSA) is 24.1 Å². The van der Waals surface area contributed by atoms with Crippen molar-refractivity contribution in [2.24, 2.45) is 0 Å². The average Bonchev–Trinajstić information content (AvgIpc) is 2.28. The standard InChI is InChI=1S/C15H24N2/c1-15(2,3)17-14-6-4-5-13(11-14)12-7-9-16-10-8-12/h4-6,11-12,16-17H,7-10H2,1-3H3. The zero-order chi connectivity index (χ0) is 12.3. The maximum absolute atomic E-state index is 3.54. The van der Waals surface area contributed by atoms with Crippen LogP contribution in [0, 0.1) is 0 Å². The number of nitrogens with one attached hydrogen (secondary N) is 2. The molecule has 1 aromatic carbocycles. The quantitative estimate of drug-likeness (QED) is 0.817. The molecule has 0 saturated carbocycles. The fourth-order valence-electron chi connectivity index (χ4n) is 2.46. The first-order chi connectivity index (χ1) is 8.04. The Balaban J connectivity index is 2.10. The lowest BCUT2D eigenvalue weighted by atomic mass is 9.90. The molecule has 0 radical (unpaired) electrons. The summed E-state index contributed by atoms with van der Waals surface area (Å²) >= 11 is 0. The van der Waals surface area contributed by atoms with Crippen molar-refractivity contribution >= 4 is 5.69 Å². The van der Waals surface area contributed by atoms with E-state index in [0.29, 0.717) is 0 Å². The van der Waals surface area contributed by atoms with Crippen molar-refractivity contribution in [3.8, 4) is 0 Å². The van der Waals surface area contributed by atoms with Crippen molar-refractivity contribution in [3.63, 3.8) is 0 Å². The second-order valence-electron chi connectivity index (χ2n) is 6.02. The Morgan fingerprint density at radius 2 is 1.88 bits per heavy atom. The van der Waals surface area contributed by atoms with Crippen molar-refractivity contribution in [2.45, 2.75) is 45.1 Å². The Morgan fingerprint density at radius 1 is 1.18 bits per heavy atom. The first-order valence-corrected chi connectivity index (χ1v) is 6.63. The molecule has 1 saturated heterocycles. The van der Waals surface area contributed by atoms with Gasteiger partial charge in [-0.1, -0.05) is 12.1 Å². The lowest BCUT2D eigenvalue weighted by Gasteiger charge is -2.26. The monoisotopic (exact) mass is 232 g/mol. The summed E-state index contributed by atoms with van der Waals surface area (Å²) in [6.45, 7) is 8.90. The molecule has 17 heavy (non-hydrogen) atoms. The van der Waals surface area contributed by atoms with Crippen LogP contribution in [0.5, 0.6) is 0 Å². The van der Waals surface area contributed by atoms with Crippen LogP contribution in [0.4, 0.5) is 5.69 Å². The van der Waals surface area contributed by atoms with Gasteiger partial charge >= 0.3 is 0 Å². The van der Waals surface area contributed by atoms with Gasteiger partial charge in [0.2, 0.25) is 0 Å². The minimum absolute atomic E-state index is 0.132. The van der Waals surface area contributed by atoms with Crippen LogP contribution >= 0.6 is 0 Å². The summed E-state index contributed by atoms with van der Waals surface area (Å²) in [6.07, 6.45) is 2.53. The maximum atomic E-state index is 3.54. The largest absolute Gasteiger partial charge is 0.380 e. The molecule has 0 aromatic heterocycles. The van der Waals surface area contributed by atoms with E-state index < -0.39 is 0 Å². The minimum Gasteiger partial charge on any atom is -0.380 e. The fourth-order valence-corrected chi connectivity index (χ4v) is 2.46. The Kier molecular flexibility index (Phi) is 3.72. The van der Waals surface area contributed by atoms with Crippen LogP contribution in [0.1, 0.15) is 45.1 Å². The van der Waals surface area contributed by atoms with E-state index in [1.54, 1.807) is 0 Å². The van der Waals surface area contributed by atoms with E-state index in [0.717, 1.165) is 19.0 Å². The van der Waals surface area contributed by atoms with Crippen molar-refractivity contribution < 1.29 is 0 Å². The minimum atomic E-state index is 0.132. The Labute approximate surface area is 105 Å². The van der Waals surface area contributed by atoms with Gasteiger partial charge in [-0.05, 0) is 70.3 Å². The number of hydrogen-bond donors (Lipinski definition) is 2. The molecule has 0 atom stereocenters. The molecular formula is C15H24N2. The molecule has 0 amide bonds. The first kappa shape index (κ1) is 12.4. The van der Waals surface area contributed by atoms with Crippen LogP contribution in [-0.2, 0) is 0 Å². The molecule has 0 spiro atoms. The molecule has 1 aliphatic rings. The Bertz CT molecular complexity index is 359. The van der Waals surface area contributed by atoms with Gasteiger partial charge in [0.25, 0.3) is 0 Å². The normalized spacial score (nSPS) is 18.1. The van der Waals surface area contributed by atoms with Crippen molar-refractivity contribution in [3.05, 3.63) is 29.8 Å². The summed E-state index contributed by atoms with van der Waals surface area (Å²) < 4.78 is 0. The number of hydrogen-bond acceptors (Lipinski definition) is 2. The molecule has 1 aromatic rings. The van der Waals surface area contributed by atoms with Gasteiger partial charge in [0, 0.05) is 11.2 Å². The summed E-state index contributed by atoms with van der Waals surface area (Å²) in [5, 5.41) is 6.97. The van der Waals surface area contributed by atoms with Gasteiger partial charge in [0.1, 0.15) is 0 Å². The number of rotatable bonds is 2. The third-order valence-corrected chi connectivity index (χ3v) is 3.22. The van der Waals surface area contributed by atoms with Crippen LogP contribution in [-0.4, -0.2) is 18.6 Å². The summed E-state index contributed by atoms with van der Waals surface area (Å²) in [5.41, 5.74) is 2.86. The number of piperidine rings is 1. The highest BCUT2D eigenvalue weighted by Crippen LogP contribution is 2.27. The number of anilines is 1. The summed E-state index contributed by atoms with van der Waals surface area (Å²) in [7, 11) is 0. The van der Waals surface area contributed by atoms with Crippen LogP contribution < -0.4 is 10.6 Å². The van der Waals surface area contributed by atoms with Crippen LogP contribution in [0.15, 0.2) is 24.3 Å². The zero-order valence-electron chi connectivity index (χ0n) is 11.2. The van der Waals surface area contributed by atoms with E-state index in [1.807, 2.05) is 0 Å². The molecule has 1 aliphatic heterocycles. The third kappa shape index (κ3) is 3.74. The third-order valence-electron chi connectivity index (χ3n) is 3.22. The summed E-state index contributed by atoms with van der Waals surface area (Å²) in [4.78, 5) is 0. The molecule has 1 fully saturated rings. The van der Waals surface area contributed by atoms with Crippen molar-refractivity contribution in [1.82, 2.24) is 5.32 Å². The predicted molar refractivity (Wildman–Crippen MR) is 74.7 cm³/mol. The van der Waals surface area contributed by atoms with Crippen molar-refractivity contribution in [1.29, 1.82) is 0 Å². The Hall–Kier alpha value is -1.02. The molecule has 1 heterocycles. The van der Waals surface area contributed by atoms with Gasteiger partial charge < -0.3 is 10.6 Å². The van der Waals surface area contributed by atoms with E-state index in [1.165, 1.54) is 24.1 Å². The molecule has 0 unspecified atom stereocenters. The highest BCUT2D eigenvalue weighted by molar-refractivity contribution is 5.48. The van der Waals surface area contributed by atoms with E-state index in [-0.39, 0.29) is 5.54 Å². The first-order valence-electron chi connectivity index (χ1n) is 6.63. The molecule has 2 N–H and O–H groups in total. The second kappa shape index (κ2) is 5.09. The molecule has 0 aliphatic carbocycles. The summed E-state index contributed by atoms with van der Waals surface area (Å²) in [5.74, 6) is 0.734. The van der Waals surface area contributed by atoms with Crippen molar-refractivity contribution in [2.75, 3.05) is 18.4 Å². The molecule has 2 nitrogen and oxygen atoms in total. The molecule has 0 bridgehead atoms.